The number of thioether (sulfide) groups is 1. The predicted molar refractivity (Wildman–Crippen MR) is 81.0 cm³/mol. The van der Waals surface area contributed by atoms with E-state index in [9.17, 15) is 0 Å². The standard InChI is InChI=1S/C16H29NS/c1-11(2)18-10-15(17-3)16-7-12-4-13(8-16)6-14(5-12)9-16/h11-15,17H,4-10H2,1-3H3. The molecule has 4 aliphatic rings. The van der Waals surface area contributed by atoms with Gasteiger partial charge in [0.25, 0.3) is 0 Å². The Balaban J connectivity index is 1.72. The van der Waals surface area contributed by atoms with Gasteiger partial charge in [0.05, 0.1) is 0 Å². The van der Waals surface area contributed by atoms with Gasteiger partial charge in [-0.15, -0.1) is 0 Å². The van der Waals surface area contributed by atoms with Crippen LogP contribution in [-0.2, 0) is 0 Å². The molecule has 4 aliphatic carbocycles. The predicted octanol–water partition coefficient (Wildman–Crippen LogP) is 3.93. The normalized spacial score (nSPS) is 43.7. The molecule has 0 spiro atoms. The molecule has 4 rings (SSSR count). The van der Waals surface area contributed by atoms with E-state index in [2.05, 4.69) is 38.0 Å². The summed E-state index contributed by atoms with van der Waals surface area (Å²) < 4.78 is 0. The molecule has 1 unspecified atom stereocenters. The van der Waals surface area contributed by atoms with Crippen LogP contribution in [0.3, 0.4) is 0 Å². The van der Waals surface area contributed by atoms with Gasteiger partial charge in [-0.1, -0.05) is 13.8 Å². The highest BCUT2D eigenvalue weighted by atomic mass is 32.2. The Labute approximate surface area is 117 Å². The van der Waals surface area contributed by atoms with Crippen molar-refractivity contribution in [2.75, 3.05) is 12.8 Å². The Bertz CT molecular complexity index is 264. The van der Waals surface area contributed by atoms with Gasteiger partial charge in [0.15, 0.2) is 0 Å². The van der Waals surface area contributed by atoms with E-state index in [4.69, 9.17) is 0 Å². The van der Waals surface area contributed by atoms with Gasteiger partial charge in [0.2, 0.25) is 0 Å². The lowest BCUT2D eigenvalue weighted by atomic mass is 9.48. The number of hydrogen-bond donors (Lipinski definition) is 1. The zero-order valence-corrected chi connectivity index (χ0v) is 13.1. The van der Waals surface area contributed by atoms with Crippen molar-refractivity contribution < 1.29 is 0 Å². The highest BCUT2D eigenvalue weighted by molar-refractivity contribution is 7.99. The van der Waals surface area contributed by atoms with Crippen LogP contribution < -0.4 is 5.32 Å². The first-order valence-electron chi connectivity index (χ1n) is 7.90. The first kappa shape index (κ1) is 13.3. The summed E-state index contributed by atoms with van der Waals surface area (Å²) in [7, 11) is 2.20. The second kappa shape index (κ2) is 5.01. The molecule has 0 saturated heterocycles. The van der Waals surface area contributed by atoms with Gasteiger partial charge in [0, 0.05) is 11.8 Å². The van der Waals surface area contributed by atoms with Gasteiger partial charge in [-0.05, 0) is 74.0 Å². The fraction of sp³-hybridized carbons (Fsp3) is 1.00. The van der Waals surface area contributed by atoms with Crippen molar-refractivity contribution in [2.24, 2.45) is 23.2 Å². The molecule has 0 aromatic heterocycles. The lowest BCUT2D eigenvalue weighted by Crippen LogP contribution is -2.56. The maximum atomic E-state index is 3.69. The Morgan fingerprint density at radius 2 is 1.56 bits per heavy atom. The highest BCUT2D eigenvalue weighted by Crippen LogP contribution is 2.61. The van der Waals surface area contributed by atoms with Crippen LogP contribution in [-0.4, -0.2) is 24.1 Å². The Hall–Kier alpha value is 0.310. The van der Waals surface area contributed by atoms with Gasteiger partial charge in [-0.3, -0.25) is 0 Å². The molecule has 0 radical (unpaired) electrons. The molecule has 1 atom stereocenters. The zero-order chi connectivity index (χ0) is 12.8. The third-order valence-electron chi connectivity index (χ3n) is 5.77. The van der Waals surface area contributed by atoms with Crippen molar-refractivity contribution in [1.29, 1.82) is 0 Å². The zero-order valence-electron chi connectivity index (χ0n) is 12.2. The van der Waals surface area contributed by atoms with E-state index in [1.165, 1.54) is 25.0 Å². The van der Waals surface area contributed by atoms with E-state index in [0.717, 1.165) is 29.0 Å². The number of hydrogen-bond acceptors (Lipinski definition) is 2. The molecule has 1 nitrogen and oxygen atoms in total. The SMILES string of the molecule is CNC(CSC(C)C)C12CC3CC(CC(C3)C1)C2. The van der Waals surface area contributed by atoms with Crippen LogP contribution in [0.2, 0.25) is 0 Å². The summed E-state index contributed by atoms with van der Waals surface area (Å²) in [6.45, 7) is 4.66. The molecule has 4 fully saturated rings. The van der Waals surface area contributed by atoms with Gasteiger partial charge < -0.3 is 5.32 Å². The summed E-state index contributed by atoms with van der Waals surface area (Å²) >= 11 is 2.15. The summed E-state index contributed by atoms with van der Waals surface area (Å²) in [6, 6.07) is 0.762. The Kier molecular flexibility index (Phi) is 3.70. The highest BCUT2D eigenvalue weighted by Gasteiger charge is 2.53. The molecular weight excluding hydrogens is 238 g/mol. The first-order valence-corrected chi connectivity index (χ1v) is 8.95. The van der Waals surface area contributed by atoms with Crippen LogP contribution in [0.25, 0.3) is 0 Å². The summed E-state index contributed by atoms with van der Waals surface area (Å²) in [4.78, 5) is 0. The maximum Gasteiger partial charge on any atom is 0.0212 e. The molecule has 0 aromatic rings. The van der Waals surface area contributed by atoms with Crippen molar-refractivity contribution in [3.05, 3.63) is 0 Å². The molecular formula is C16H29NS. The lowest BCUT2D eigenvalue weighted by molar-refractivity contribution is -0.0682. The van der Waals surface area contributed by atoms with Crippen LogP contribution in [0.15, 0.2) is 0 Å². The molecule has 4 bridgehead atoms. The monoisotopic (exact) mass is 267 g/mol. The van der Waals surface area contributed by atoms with E-state index in [1.54, 1.807) is 19.3 Å². The fourth-order valence-electron chi connectivity index (χ4n) is 5.46. The largest absolute Gasteiger partial charge is 0.316 e. The number of rotatable bonds is 5. The summed E-state index contributed by atoms with van der Waals surface area (Å²) in [5.41, 5.74) is 0.672. The van der Waals surface area contributed by atoms with Gasteiger partial charge in [-0.25, -0.2) is 0 Å². The third-order valence-corrected chi connectivity index (χ3v) is 6.96. The van der Waals surface area contributed by atoms with E-state index >= 15 is 0 Å². The molecule has 104 valence electrons. The Morgan fingerprint density at radius 1 is 1.06 bits per heavy atom. The van der Waals surface area contributed by atoms with E-state index in [-0.39, 0.29) is 0 Å². The quantitative estimate of drug-likeness (QED) is 0.810. The molecule has 1 N–H and O–H groups in total. The summed E-state index contributed by atoms with van der Waals surface area (Å²) in [5, 5.41) is 4.47. The molecule has 0 aliphatic heterocycles. The molecule has 0 aromatic carbocycles. The van der Waals surface area contributed by atoms with E-state index in [0.29, 0.717) is 5.41 Å². The van der Waals surface area contributed by atoms with Crippen LogP contribution >= 0.6 is 11.8 Å². The topological polar surface area (TPSA) is 12.0 Å². The maximum absolute atomic E-state index is 3.69. The minimum absolute atomic E-state index is 0.672. The number of nitrogens with one attached hydrogen (secondary N) is 1. The van der Waals surface area contributed by atoms with Crippen LogP contribution in [0.5, 0.6) is 0 Å². The van der Waals surface area contributed by atoms with Gasteiger partial charge in [0.1, 0.15) is 0 Å². The van der Waals surface area contributed by atoms with Crippen molar-refractivity contribution in [3.8, 4) is 0 Å². The lowest BCUT2D eigenvalue weighted by Gasteiger charge is -2.59. The smallest absolute Gasteiger partial charge is 0.0212 e. The summed E-state index contributed by atoms with van der Waals surface area (Å²) in [6.07, 6.45) is 9.28. The van der Waals surface area contributed by atoms with Crippen molar-refractivity contribution in [2.45, 2.75) is 63.7 Å². The second-order valence-electron chi connectivity index (χ2n) is 7.50. The van der Waals surface area contributed by atoms with Gasteiger partial charge >= 0.3 is 0 Å². The molecule has 4 saturated carbocycles. The van der Waals surface area contributed by atoms with Crippen LogP contribution in [0.4, 0.5) is 0 Å². The minimum Gasteiger partial charge on any atom is -0.316 e. The van der Waals surface area contributed by atoms with Crippen LogP contribution in [0, 0.1) is 23.2 Å². The Morgan fingerprint density at radius 3 is 1.94 bits per heavy atom. The van der Waals surface area contributed by atoms with E-state index < -0.39 is 0 Å². The minimum atomic E-state index is 0.672. The van der Waals surface area contributed by atoms with Gasteiger partial charge in [-0.2, -0.15) is 11.8 Å². The third kappa shape index (κ3) is 2.35. The second-order valence-corrected chi connectivity index (χ2v) is 9.11. The first-order chi connectivity index (χ1) is 8.61. The molecule has 2 heteroatoms. The van der Waals surface area contributed by atoms with Crippen molar-refractivity contribution >= 4 is 11.8 Å². The molecule has 0 amide bonds. The van der Waals surface area contributed by atoms with E-state index in [1.807, 2.05) is 0 Å². The molecule has 18 heavy (non-hydrogen) atoms. The average Bonchev–Trinajstić information content (AvgIpc) is 2.26. The average molecular weight is 267 g/mol. The molecule has 0 heterocycles. The van der Waals surface area contributed by atoms with Crippen molar-refractivity contribution in [3.63, 3.8) is 0 Å². The van der Waals surface area contributed by atoms with Crippen LogP contribution in [0.1, 0.15) is 52.4 Å². The van der Waals surface area contributed by atoms with Crippen molar-refractivity contribution in [1.82, 2.24) is 5.32 Å². The fourth-order valence-corrected chi connectivity index (χ4v) is 6.56. The summed E-state index contributed by atoms with van der Waals surface area (Å²) in [5.74, 6) is 4.56.